The number of piperazine rings is 1. The number of hydrogen-bond donors (Lipinski definition) is 1. The molecule has 1 unspecified atom stereocenters. The molecule has 3 heterocycles. The van der Waals surface area contributed by atoms with Crippen LogP contribution in [-0.2, 0) is 16.4 Å². The van der Waals surface area contributed by atoms with Gasteiger partial charge in [-0.3, -0.25) is 4.90 Å². The number of urea groups is 1. The Morgan fingerprint density at radius 1 is 1.30 bits per heavy atom. The number of hydrogen-bond acceptors (Lipinski definition) is 5. The van der Waals surface area contributed by atoms with E-state index >= 15 is 0 Å². The van der Waals surface area contributed by atoms with Gasteiger partial charge in [0.05, 0.1) is 15.8 Å². The Morgan fingerprint density at radius 3 is 2.61 bits per heavy atom. The molecule has 1 atom stereocenters. The Hall–Kier alpha value is -0.830. The first kappa shape index (κ1) is 17.0. The lowest BCUT2D eigenvalue weighted by molar-refractivity contribution is 0.134. The van der Waals surface area contributed by atoms with Gasteiger partial charge in [-0.05, 0) is 18.6 Å². The van der Waals surface area contributed by atoms with Crippen molar-refractivity contribution in [2.24, 2.45) is 0 Å². The van der Waals surface area contributed by atoms with E-state index in [0.29, 0.717) is 19.5 Å². The molecule has 0 bridgehead atoms. The van der Waals surface area contributed by atoms with Gasteiger partial charge in [-0.1, -0.05) is 11.6 Å². The van der Waals surface area contributed by atoms with Gasteiger partial charge in [0.1, 0.15) is 0 Å². The molecule has 2 aliphatic heterocycles. The zero-order valence-electron chi connectivity index (χ0n) is 12.7. The second-order valence-electron chi connectivity index (χ2n) is 6.02. The molecular formula is C14H20ClN3O3S2. The number of amides is 2. The molecule has 9 heteroatoms. The largest absolute Gasteiger partial charge is 0.334 e. The molecule has 3 rings (SSSR count). The zero-order valence-corrected chi connectivity index (χ0v) is 15.1. The molecule has 6 nitrogen and oxygen atoms in total. The Morgan fingerprint density at radius 2 is 2.04 bits per heavy atom. The Balaban J connectivity index is 1.44. The fraction of sp³-hybridized carbons (Fsp3) is 0.643. The zero-order chi connectivity index (χ0) is 16.4. The molecule has 1 N–H and O–H groups in total. The minimum atomic E-state index is -2.96. The van der Waals surface area contributed by atoms with Crippen LogP contribution in [-0.4, -0.2) is 68.0 Å². The number of halogens is 1. The monoisotopic (exact) mass is 377 g/mol. The summed E-state index contributed by atoms with van der Waals surface area (Å²) < 4.78 is 23.7. The summed E-state index contributed by atoms with van der Waals surface area (Å²) in [6.07, 6.45) is 0.521. The van der Waals surface area contributed by atoms with Gasteiger partial charge < -0.3 is 10.2 Å². The maximum absolute atomic E-state index is 12.2. The predicted molar refractivity (Wildman–Crippen MR) is 91.8 cm³/mol. The van der Waals surface area contributed by atoms with Crippen LogP contribution in [0.3, 0.4) is 0 Å². The second-order valence-corrected chi connectivity index (χ2v) is 10.0. The van der Waals surface area contributed by atoms with Gasteiger partial charge in [0, 0.05) is 43.6 Å². The smallest absolute Gasteiger partial charge is 0.317 e. The predicted octanol–water partition coefficient (Wildman–Crippen LogP) is 1.42. The van der Waals surface area contributed by atoms with E-state index in [1.807, 2.05) is 12.1 Å². The molecule has 128 valence electrons. The highest BCUT2D eigenvalue weighted by atomic mass is 35.5. The van der Waals surface area contributed by atoms with E-state index in [2.05, 4.69) is 10.2 Å². The van der Waals surface area contributed by atoms with Crippen LogP contribution < -0.4 is 5.32 Å². The van der Waals surface area contributed by atoms with Gasteiger partial charge >= 0.3 is 6.03 Å². The summed E-state index contributed by atoms with van der Waals surface area (Å²) in [4.78, 5) is 17.5. The Bertz CT molecular complexity index is 669. The fourth-order valence-corrected chi connectivity index (χ4v) is 5.74. The van der Waals surface area contributed by atoms with Crippen molar-refractivity contribution >= 4 is 38.8 Å². The molecule has 0 aliphatic carbocycles. The van der Waals surface area contributed by atoms with Crippen molar-refractivity contribution < 1.29 is 13.2 Å². The maximum atomic E-state index is 12.2. The van der Waals surface area contributed by atoms with Gasteiger partial charge in [-0.2, -0.15) is 0 Å². The van der Waals surface area contributed by atoms with E-state index in [9.17, 15) is 13.2 Å². The van der Waals surface area contributed by atoms with Crippen LogP contribution in [0, 0.1) is 0 Å². The van der Waals surface area contributed by atoms with Crippen molar-refractivity contribution in [3.8, 4) is 0 Å². The van der Waals surface area contributed by atoms with Crippen LogP contribution in [0.25, 0.3) is 0 Å². The summed E-state index contributed by atoms with van der Waals surface area (Å²) in [6.45, 7) is 3.79. The first-order chi connectivity index (χ1) is 10.9. The minimum absolute atomic E-state index is 0.0673. The second kappa shape index (κ2) is 6.96. The van der Waals surface area contributed by atoms with Crippen molar-refractivity contribution in [3.63, 3.8) is 0 Å². The third-order valence-corrected chi connectivity index (χ3v) is 7.21. The number of carbonyl (C=O) groups is 1. The number of nitrogens with one attached hydrogen (secondary N) is 1. The SMILES string of the molecule is O=C(NC1CCS(=O)(=O)C1)N1CCN(Cc2ccc(Cl)s2)CC1. The van der Waals surface area contributed by atoms with E-state index < -0.39 is 9.84 Å². The summed E-state index contributed by atoms with van der Waals surface area (Å²) in [5, 5.41) is 2.85. The molecule has 2 fully saturated rings. The van der Waals surface area contributed by atoms with Gasteiger partial charge in [-0.15, -0.1) is 11.3 Å². The van der Waals surface area contributed by atoms with Gasteiger partial charge in [0.25, 0.3) is 0 Å². The standard InChI is InChI=1S/C14H20ClN3O3S2/c15-13-2-1-12(22-13)9-17-4-6-18(7-5-17)14(19)16-11-3-8-23(20,21)10-11/h1-2,11H,3-10H2,(H,16,19). The van der Waals surface area contributed by atoms with Crippen molar-refractivity contribution in [1.82, 2.24) is 15.1 Å². The van der Waals surface area contributed by atoms with Crippen LogP contribution in [0.1, 0.15) is 11.3 Å². The van der Waals surface area contributed by atoms with Crippen LogP contribution >= 0.6 is 22.9 Å². The average Bonchev–Trinajstić information content (AvgIpc) is 3.05. The summed E-state index contributed by atoms with van der Waals surface area (Å²) in [5.41, 5.74) is 0. The number of thiophene rings is 1. The normalized spacial score (nSPS) is 24.7. The molecule has 0 aromatic carbocycles. The fourth-order valence-electron chi connectivity index (χ4n) is 2.94. The summed E-state index contributed by atoms with van der Waals surface area (Å²) in [5.74, 6) is 0.243. The Kier molecular flexibility index (Phi) is 5.15. The lowest BCUT2D eigenvalue weighted by atomic mass is 10.2. The molecular weight excluding hydrogens is 358 g/mol. The van der Waals surface area contributed by atoms with Gasteiger partial charge in [-0.25, -0.2) is 13.2 Å². The summed E-state index contributed by atoms with van der Waals surface area (Å²) in [6, 6.07) is 3.55. The third kappa shape index (κ3) is 4.59. The highest BCUT2D eigenvalue weighted by Gasteiger charge is 2.30. The van der Waals surface area contributed by atoms with Crippen molar-refractivity contribution in [1.29, 1.82) is 0 Å². The topological polar surface area (TPSA) is 69.7 Å². The summed E-state index contributed by atoms with van der Waals surface area (Å²) >= 11 is 7.52. The molecule has 2 saturated heterocycles. The lowest BCUT2D eigenvalue weighted by Gasteiger charge is -2.35. The van der Waals surface area contributed by atoms with Crippen LogP contribution in [0.5, 0.6) is 0 Å². The Labute approximate surface area is 145 Å². The molecule has 1 aromatic heterocycles. The molecule has 2 amide bonds. The number of nitrogens with zero attached hydrogens (tertiary/aromatic N) is 2. The third-order valence-electron chi connectivity index (χ3n) is 4.23. The molecule has 23 heavy (non-hydrogen) atoms. The van der Waals surface area contributed by atoms with Crippen LogP contribution in [0.15, 0.2) is 12.1 Å². The van der Waals surface area contributed by atoms with E-state index in [0.717, 1.165) is 24.0 Å². The van der Waals surface area contributed by atoms with Gasteiger partial charge in [0.2, 0.25) is 0 Å². The van der Waals surface area contributed by atoms with Crippen molar-refractivity contribution in [3.05, 3.63) is 21.3 Å². The first-order valence-corrected chi connectivity index (χ1v) is 10.7. The first-order valence-electron chi connectivity index (χ1n) is 7.64. The highest BCUT2D eigenvalue weighted by molar-refractivity contribution is 7.91. The highest BCUT2D eigenvalue weighted by Crippen LogP contribution is 2.23. The molecule has 1 aromatic rings. The van der Waals surface area contributed by atoms with Crippen LogP contribution in [0.2, 0.25) is 4.34 Å². The summed E-state index contributed by atoms with van der Waals surface area (Å²) in [7, 11) is -2.96. The number of rotatable bonds is 3. The molecule has 0 saturated carbocycles. The van der Waals surface area contributed by atoms with Crippen molar-refractivity contribution in [2.75, 3.05) is 37.7 Å². The number of carbonyl (C=O) groups excluding carboxylic acids is 1. The van der Waals surface area contributed by atoms with E-state index in [4.69, 9.17) is 11.6 Å². The van der Waals surface area contributed by atoms with E-state index in [1.54, 1.807) is 16.2 Å². The maximum Gasteiger partial charge on any atom is 0.317 e. The average molecular weight is 378 g/mol. The molecule has 2 aliphatic rings. The van der Waals surface area contributed by atoms with E-state index in [-0.39, 0.29) is 23.6 Å². The molecule has 0 radical (unpaired) electrons. The number of sulfone groups is 1. The van der Waals surface area contributed by atoms with Crippen LogP contribution in [0.4, 0.5) is 4.79 Å². The minimum Gasteiger partial charge on any atom is -0.334 e. The quantitative estimate of drug-likeness (QED) is 0.864. The van der Waals surface area contributed by atoms with E-state index in [1.165, 1.54) is 4.88 Å². The van der Waals surface area contributed by atoms with Crippen molar-refractivity contribution in [2.45, 2.75) is 19.0 Å². The molecule has 0 spiro atoms. The van der Waals surface area contributed by atoms with Gasteiger partial charge in [0.15, 0.2) is 9.84 Å². The lowest BCUT2D eigenvalue weighted by Crippen LogP contribution is -2.53.